The van der Waals surface area contributed by atoms with Gasteiger partial charge in [0.1, 0.15) is 0 Å². The van der Waals surface area contributed by atoms with Crippen LogP contribution >= 0.6 is 0 Å². The van der Waals surface area contributed by atoms with Gasteiger partial charge in [0, 0.05) is 26.1 Å². The van der Waals surface area contributed by atoms with Crippen molar-refractivity contribution in [1.82, 2.24) is 25.1 Å². The number of piperidine rings is 1. The van der Waals surface area contributed by atoms with Crippen LogP contribution in [0.3, 0.4) is 0 Å². The Hall–Kier alpha value is -2.19. The Balaban J connectivity index is 0.000000162. The number of nitrogens with zero attached hydrogens (tertiary/aromatic N) is 5. The van der Waals surface area contributed by atoms with Crippen molar-refractivity contribution < 1.29 is 19.8 Å². The van der Waals surface area contributed by atoms with Crippen molar-refractivity contribution in [3.63, 3.8) is 0 Å². The zero-order chi connectivity index (χ0) is 15.9. The Kier molecular flexibility index (Phi) is 5.68. The van der Waals surface area contributed by atoms with Crippen LogP contribution in [-0.4, -0.2) is 60.5 Å². The molecule has 2 aliphatic rings. The number of likely N-dealkylation sites (tertiary alicyclic amines) is 1. The van der Waals surface area contributed by atoms with E-state index in [1.165, 1.54) is 19.3 Å². The van der Waals surface area contributed by atoms with Gasteiger partial charge in [-0.1, -0.05) is 6.42 Å². The van der Waals surface area contributed by atoms with Crippen LogP contribution in [0.25, 0.3) is 0 Å². The molecule has 1 fully saturated rings. The zero-order valence-corrected chi connectivity index (χ0v) is 12.4. The average Bonchev–Trinajstić information content (AvgIpc) is 2.84. The van der Waals surface area contributed by atoms with Gasteiger partial charge in [0.2, 0.25) is 0 Å². The minimum Gasteiger partial charge on any atom is -0.481 e. The van der Waals surface area contributed by atoms with Gasteiger partial charge in [-0.25, -0.2) is 9.48 Å². The van der Waals surface area contributed by atoms with Crippen molar-refractivity contribution in [3.05, 3.63) is 5.82 Å². The molecule has 9 heteroatoms. The fourth-order valence-electron chi connectivity index (χ4n) is 2.65. The molecule has 0 aromatic carbocycles. The lowest BCUT2D eigenvalue weighted by molar-refractivity contribution is -0.143. The maximum Gasteiger partial charge on any atom is 0.407 e. The molecular weight excluding hydrogens is 290 g/mol. The van der Waals surface area contributed by atoms with E-state index in [2.05, 4.69) is 15.5 Å². The molecule has 9 nitrogen and oxygen atoms in total. The number of hydrogen-bond acceptors (Lipinski definition) is 5. The molecule has 122 valence electrons. The second kappa shape index (κ2) is 7.71. The third-order valence-electron chi connectivity index (χ3n) is 3.92. The first-order valence-corrected chi connectivity index (χ1v) is 7.53. The van der Waals surface area contributed by atoms with Crippen LogP contribution in [0.15, 0.2) is 0 Å². The van der Waals surface area contributed by atoms with Gasteiger partial charge >= 0.3 is 12.1 Å². The highest BCUT2D eigenvalue weighted by atomic mass is 16.4. The Morgan fingerprint density at radius 3 is 2.64 bits per heavy atom. The summed E-state index contributed by atoms with van der Waals surface area (Å²) in [5.74, 6) is -0.367. The molecule has 3 heterocycles. The van der Waals surface area contributed by atoms with Crippen molar-refractivity contribution in [2.45, 2.75) is 45.1 Å². The number of carbonyl (C=O) groups is 2. The summed E-state index contributed by atoms with van der Waals surface area (Å²) in [6, 6.07) is 0. The van der Waals surface area contributed by atoms with Crippen molar-refractivity contribution >= 4 is 12.1 Å². The van der Waals surface area contributed by atoms with Gasteiger partial charge in [0.05, 0.1) is 5.92 Å². The van der Waals surface area contributed by atoms with Crippen molar-refractivity contribution in [3.8, 4) is 0 Å². The Morgan fingerprint density at radius 2 is 1.91 bits per heavy atom. The first kappa shape index (κ1) is 16.2. The summed E-state index contributed by atoms with van der Waals surface area (Å²) in [6.45, 7) is 1.59. The topological polar surface area (TPSA) is 121 Å². The number of fused-ring (bicyclic) bond motifs is 1. The lowest BCUT2D eigenvalue weighted by Crippen LogP contribution is -2.41. The molecule has 3 rings (SSSR count). The van der Waals surface area contributed by atoms with Crippen LogP contribution in [0.4, 0.5) is 4.79 Å². The molecule has 2 N–H and O–H groups in total. The lowest BCUT2D eigenvalue weighted by Gasteiger charge is -2.27. The van der Waals surface area contributed by atoms with Gasteiger partial charge in [-0.15, -0.1) is 5.10 Å². The van der Waals surface area contributed by atoms with Gasteiger partial charge in [0.15, 0.2) is 5.82 Å². The summed E-state index contributed by atoms with van der Waals surface area (Å²) in [7, 11) is 0. The minimum atomic E-state index is -1.03. The number of aliphatic carboxylic acids is 1. The summed E-state index contributed by atoms with van der Waals surface area (Å²) >= 11 is 0. The Morgan fingerprint density at radius 1 is 1.09 bits per heavy atom. The number of hydrogen-bond donors (Lipinski definition) is 2. The maximum atomic E-state index is 10.5. The highest BCUT2D eigenvalue weighted by Crippen LogP contribution is 2.16. The summed E-state index contributed by atoms with van der Waals surface area (Å²) in [5.41, 5.74) is 0. The largest absolute Gasteiger partial charge is 0.481 e. The van der Waals surface area contributed by atoms with Crippen molar-refractivity contribution in [1.29, 1.82) is 0 Å². The second-order valence-corrected chi connectivity index (χ2v) is 5.53. The monoisotopic (exact) mass is 311 g/mol. The standard InChI is InChI=1S/C7H11NO4.C6H10N4/c9-6(10)5-2-1-3-8(4-5)7(11)12;1-2-4-6-7-8-9-10(6)5-3-1/h5H,1-4H2,(H,9,10)(H,11,12);1-5H2. The molecule has 1 aromatic heterocycles. The van der Waals surface area contributed by atoms with Gasteiger partial charge in [-0.3, -0.25) is 4.79 Å². The molecular formula is C13H21N5O4. The van der Waals surface area contributed by atoms with E-state index in [4.69, 9.17) is 10.2 Å². The molecule has 1 atom stereocenters. The number of aromatic nitrogens is 4. The third-order valence-corrected chi connectivity index (χ3v) is 3.92. The van der Waals surface area contributed by atoms with Gasteiger partial charge in [-0.05, 0) is 36.1 Å². The quantitative estimate of drug-likeness (QED) is 0.788. The molecule has 1 unspecified atom stereocenters. The SMILES string of the molecule is C1CCc2nnnn2CC1.O=C(O)C1CCCN(C(=O)O)C1. The molecule has 2 aliphatic heterocycles. The fraction of sp³-hybridized carbons (Fsp3) is 0.769. The number of tetrazole rings is 1. The molecule has 1 aromatic rings. The summed E-state index contributed by atoms with van der Waals surface area (Å²) in [5, 5.41) is 28.6. The van der Waals surface area contributed by atoms with E-state index in [9.17, 15) is 9.59 Å². The summed E-state index contributed by atoms with van der Waals surface area (Å²) in [6.07, 6.45) is 5.00. The van der Waals surface area contributed by atoms with Crippen LogP contribution in [0.1, 0.15) is 37.9 Å². The summed E-state index contributed by atoms with van der Waals surface area (Å²) < 4.78 is 1.91. The minimum absolute atomic E-state index is 0.130. The first-order valence-electron chi connectivity index (χ1n) is 7.53. The van der Waals surface area contributed by atoms with E-state index >= 15 is 0 Å². The number of aryl methyl sites for hydroxylation is 2. The zero-order valence-electron chi connectivity index (χ0n) is 12.4. The number of carboxylic acid groups (broad SMARTS) is 2. The highest BCUT2D eigenvalue weighted by Gasteiger charge is 2.27. The van der Waals surface area contributed by atoms with E-state index in [1.807, 2.05) is 4.68 Å². The van der Waals surface area contributed by atoms with E-state index in [-0.39, 0.29) is 6.54 Å². The van der Waals surface area contributed by atoms with Crippen molar-refractivity contribution in [2.24, 2.45) is 5.92 Å². The first-order chi connectivity index (χ1) is 10.6. The molecule has 22 heavy (non-hydrogen) atoms. The van der Waals surface area contributed by atoms with Crippen LogP contribution in [-0.2, 0) is 17.8 Å². The number of amides is 1. The lowest BCUT2D eigenvalue weighted by atomic mass is 9.99. The van der Waals surface area contributed by atoms with E-state index < -0.39 is 18.0 Å². The van der Waals surface area contributed by atoms with Crippen LogP contribution < -0.4 is 0 Å². The van der Waals surface area contributed by atoms with Gasteiger partial charge < -0.3 is 15.1 Å². The molecule has 0 aliphatic carbocycles. The van der Waals surface area contributed by atoms with Gasteiger partial charge in [-0.2, -0.15) is 0 Å². The predicted octanol–water partition coefficient (Wildman–Crippen LogP) is 0.860. The molecule has 1 saturated heterocycles. The van der Waals surface area contributed by atoms with Crippen LogP contribution in [0, 0.1) is 5.92 Å². The predicted molar refractivity (Wildman–Crippen MR) is 75.3 cm³/mol. The summed E-state index contributed by atoms with van der Waals surface area (Å²) in [4.78, 5) is 22.1. The normalized spacial score (nSPS) is 21.1. The van der Waals surface area contributed by atoms with E-state index in [0.29, 0.717) is 19.4 Å². The highest BCUT2D eigenvalue weighted by molar-refractivity contribution is 5.72. The van der Waals surface area contributed by atoms with Crippen LogP contribution in [0.5, 0.6) is 0 Å². The van der Waals surface area contributed by atoms with Gasteiger partial charge in [0.25, 0.3) is 0 Å². The molecule has 0 bridgehead atoms. The average molecular weight is 311 g/mol. The molecule has 0 radical (unpaired) electrons. The smallest absolute Gasteiger partial charge is 0.407 e. The van der Waals surface area contributed by atoms with Crippen LogP contribution in [0.2, 0.25) is 0 Å². The fourth-order valence-corrected chi connectivity index (χ4v) is 2.65. The molecule has 1 amide bonds. The number of carboxylic acids is 1. The maximum absolute atomic E-state index is 10.5. The molecule has 0 spiro atoms. The Labute approximate surface area is 127 Å². The Bertz CT molecular complexity index is 478. The second-order valence-electron chi connectivity index (χ2n) is 5.53. The third kappa shape index (κ3) is 4.40. The number of rotatable bonds is 1. The van der Waals surface area contributed by atoms with Crippen molar-refractivity contribution in [2.75, 3.05) is 13.1 Å². The molecule has 0 saturated carbocycles. The van der Waals surface area contributed by atoms with E-state index in [0.717, 1.165) is 23.7 Å². The van der Waals surface area contributed by atoms with E-state index in [1.54, 1.807) is 0 Å².